The number of thioether (sulfide) groups is 1. The van der Waals surface area contributed by atoms with Gasteiger partial charge in [0, 0.05) is 36.5 Å². The van der Waals surface area contributed by atoms with Gasteiger partial charge in [0.2, 0.25) is 10.0 Å². The Morgan fingerprint density at radius 2 is 2.14 bits per heavy atom. The zero-order chi connectivity index (χ0) is 20.6. The molecule has 1 aromatic rings. The van der Waals surface area contributed by atoms with E-state index in [1.807, 2.05) is 18.7 Å². The van der Waals surface area contributed by atoms with Crippen LogP contribution in [0, 0.1) is 10.1 Å². The quantitative estimate of drug-likeness (QED) is 0.179. The fourth-order valence-corrected chi connectivity index (χ4v) is 5.06. The molecule has 2 rings (SSSR count). The van der Waals surface area contributed by atoms with Crippen molar-refractivity contribution in [1.82, 2.24) is 15.4 Å². The first-order valence-electron chi connectivity index (χ1n) is 9.16. The molecule has 1 fully saturated rings. The Hall–Kier alpha value is -1.85. The summed E-state index contributed by atoms with van der Waals surface area (Å²) in [6.45, 7) is 6.05. The number of sulfonamides is 1. The van der Waals surface area contributed by atoms with Gasteiger partial charge in [-0.15, -0.1) is 0 Å². The molecule has 1 aliphatic rings. The van der Waals surface area contributed by atoms with Gasteiger partial charge in [-0.1, -0.05) is 6.07 Å². The number of non-ortho nitro benzene ring substituents is 1. The van der Waals surface area contributed by atoms with E-state index in [2.05, 4.69) is 27.3 Å². The van der Waals surface area contributed by atoms with Crippen LogP contribution in [0.25, 0.3) is 0 Å². The van der Waals surface area contributed by atoms with Crippen LogP contribution in [0.2, 0.25) is 0 Å². The summed E-state index contributed by atoms with van der Waals surface area (Å²) in [5, 5.41) is 17.1. The second-order valence-electron chi connectivity index (χ2n) is 6.68. The van der Waals surface area contributed by atoms with Crippen LogP contribution in [-0.2, 0) is 10.0 Å². The molecule has 0 saturated carbocycles. The molecule has 1 saturated heterocycles. The summed E-state index contributed by atoms with van der Waals surface area (Å²) < 4.78 is 27.2. The van der Waals surface area contributed by atoms with Gasteiger partial charge >= 0.3 is 0 Å². The smallest absolute Gasteiger partial charge is 0.270 e. The van der Waals surface area contributed by atoms with Crippen LogP contribution in [0.5, 0.6) is 0 Å². The van der Waals surface area contributed by atoms with Gasteiger partial charge in [0.25, 0.3) is 5.69 Å². The van der Waals surface area contributed by atoms with E-state index in [1.165, 1.54) is 24.6 Å². The Morgan fingerprint density at radius 1 is 1.36 bits per heavy atom. The van der Waals surface area contributed by atoms with Crippen molar-refractivity contribution in [2.75, 3.05) is 31.9 Å². The lowest BCUT2D eigenvalue weighted by Gasteiger charge is -2.21. The van der Waals surface area contributed by atoms with Crippen molar-refractivity contribution in [2.24, 2.45) is 4.99 Å². The number of rotatable bonds is 9. The summed E-state index contributed by atoms with van der Waals surface area (Å²) in [5.41, 5.74) is -0.263. The minimum absolute atomic E-state index is 0.126. The lowest BCUT2D eigenvalue weighted by atomic mass is 10.1. The van der Waals surface area contributed by atoms with E-state index in [9.17, 15) is 18.5 Å². The van der Waals surface area contributed by atoms with Gasteiger partial charge in [0.1, 0.15) is 0 Å². The van der Waals surface area contributed by atoms with Crippen molar-refractivity contribution in [2.45, 2.75) is 36.3 Å². The maximum absolute atomic E-state index is 12.3. The maximum Gasteiger partial charge on any atom is 0.270 e. The number of hydrogen-bond acceptors (Lipinski definition) is 6. The molecule has 0 radical (unpaired) electrons. The maximum atomic E-state index is 12.3. The zero-order valence-corrected chi connectivity index (χ0v) is 17.7. The van der Waals surface area contributed by atoms with E-state index < -0.39 is 14.9 Å². The molecule has 3 N–H and O–H groups in total. The number of guanidine groups is 1. The van der Waals surface area contributed by atoms with Gasteiger partial charge in [0.05, 0.1) is 16.4 Å². The molecule has 0 spiro atoms. The van der Waals surface area contributed by atoms with Crippen molar-refractivity contribution in [3.05, 3.63) is 34.4 Å². The molecule has 0 aromatic heterocycles. The Bertz CT molecular complexity index is 808. The van der Waals surface area contributed by atoms with E-state index in [0.717, 1.165) is 18.2 Å². The van der Waals surface area contributed by atoms with Crippen molar-refractivity contribution in [3.8, 4) is 0 Å². The molecule has 11 heteroatoms. The summed E-state index contributed by atoms with van der Waals surface area (Å²) >= 11 is 1.93. The van der Waals surface area contributed by atoms with Crippen LogP contribution in [0.3, 0.4) is 0 Å². The topological polar surface area (TPSA) is 126 Å². The molecule has 0 amide bonds. The highest BCUT2D eigenvalue weighted by molar-refractivity contribution is 8.00. The Morgan fingerprint density at radius 3 is 2.79 bits per heavy atom. The van der Waals surface area contributed by atoms with Gasteiger partial charge in [-0.25, -0.2) is 13.1 Å². The Balaban J connectivity index is 1.88. The predicted molar refractivity (Wildman–Crippen MR) is 112 cm³/mol. The third-order valence-electron chi connectivity index (χ3n) is 4.26. The molecular weight excluding hydrogens is 402 g/mol. The van der Waals surface area contributed by atoms with Crippen LogP contribution < -0.4 is 15.4 Å². The van der Waals surface area contributed by atoms with E-state index >= 15 is 0 Å². The molecule has 1 unspecified atom stereocenters. The lowest BCUT2D eigenvalue weighted by Crippen LogP contribution is -2.42. The molecular formula is C17H27N5O4S2. The standard InChI is InChI=1S/C17H27N5O4S2/c1-3-18-16(20-13-17(2)8-5-11-27-17)19-9-10-21-28(25,26)15-7-4-6-14(12-15)22(23)24/h4,6-7,12,21H,3,5,8-11,13H2,1-2H3,(H2,18,19,20). The van der Waals surface area contributed by atoms with Gasteiger partial charge in [-0.05, 0) is 38.5 Å². The van der Waals surface area contributed by atoms with Crippen molar-refractivity contribution in [1.29, 1.82) is 0 Å². The molecule has 156 valence electrons. The fourth-order valence-electron chi connectivity index (χ4n) is 2.76. The predicted octanol–water partition coefficient (Wildman–Crippen LogP) is 1.71. The molecule has 1 aliphatic heterocycles. The number of nitrogens with one attached hydrogen (secondary N) is 3. The number of hydrogen-bond donors (Lipinski definition) is 3. The third-order valence-corrected chi connectivity index (χ3v) is 7.25. The highest BCUT2D eigenvalue weighted by Gasteiger charge is 2.29. The van der Waals surface area contributed by atoms with Crippen LogP contribution >= 0.6 is 11.8 Å². The average molecular weight is 430 g/mol. The van der Waals surface area contributed by atoms with Gasteiger partial charge in [-0.2, -0.15) is 11.8 Å². The minimum Gasteiger partial charge on any atom is -0.357 e. The van der Waals surface area contributed by atoms with E-state index in [1.54, 1.807) is 0 Å². The number of nitro groups is 1. The SMILES string of the molecule is CCNC(=NCC1(C)CCCS1)NCCNS(=O)(=O)c1cccc([N+](=O)[O-])c1. The summed E-state index contributed by atoms with van der Waals surface area (Å²) in [6, 6.07) is 4.97. The molecule has 0 bridgehead atoms. The monoisotopic (exact) mass is 429 g/mol. The Kier molecular flexibility index (Phi) is 8.08. The molecule has 28 heavy (non-hydrogen) atoms. The van der Waals surface area contributed by atoms with Crippen LogP contribution in [0.4, 0.5) is 5.69 Å². The summed E-state index contributed by atoms with van der Waals surface area (Å²) in [7, 11) is -3.82. The number of nitrogens with zero attached hydrogens (tertiary/aromatic N) is 2. The van der Waals surface area contributed by atoms with Crippen LogP contribution in [0.15, 0.2) is 34.2 Å². The van der Waals surface area contributed by atoms with Crippen molar-refractivity contribution in [3.63, 3.8) is 0 Å². The lowest BCUT2D eigenvalue weighted by molar-refractivity contribution is -0.385. The molecule has 1 aromatic carbocycles. The third kappa shape index (κ3) is 6.64. The summed E-state index contributed by atoms with van der Waals surface area (Å²) in [4.78, 5) is 14.7. The van der Waals surface area contributed by atoms with E-state index in [0.29, 0.717) is 25.6 Å². The normalized spacial score (nSPS) is 20.1. The van der Waals surface area contributed by atoms with Crippen LogP contribution in [0.1, 0.15) is 26.7 Å². The van der Waals surface area contributed by atoms with Crippen molar-refractivity contribution < 1.29 is 13.3 Å². The first-order chi connectivity index (χ1) is 13.3. The summed E-state index contributed by atoms with van der Waals surface area (Å²) in [6.07, 6.45) is 2.35. The van der Waals surface area contributed by atoms with Gasteiger partial charge in [-0.3, -0.25) is 15.1 Å². The average Bonchev–Trinajstić information content (AvgIpc) is 3.10. The van der Waals surface area contributed by atoms with Gasteiger partial charge in [0.15, 0.2) is 5.96 Å². The van der Waals surface area contributed by atoms with E-state index in [4.69, 9.17) is 0 Å². The number of nitro benzene ring substituents is 1. The molecule has 0 aliphatic carbocycles. The van der Waals surface area contributed by atoms with Gasteiger partial charge < -0.3 is 10.6 Å². The zero-order valence-electron chi connectivity index (χ0n) is 16.1. The van der Waals surface area contributed by atoms with Crippen LogP contribution in [-0.4, -0.2) is 56.0 Å². The van der Waals surface area contributed by atoms with E-state index in [-0.39, 0.29) is 21.9 Å². The largest absolute Gasteiger partial charge is 0.357 e. The summed E-state index contributed by atoms with van der Waals surface area (Å²) in [5.74, 6) is 1.81. The molecule has 1 heterocycles. The molecule has 1 atom stereocenters. The Labute approximate surface area is 170 Å². The minimum atomic E-state index is -3.82. The second-order valence-corrected chi connectivity index (χ2v) is 10.1. The van der Waals surface area contributed by atoms with Crippen molar-refractivity contribution >= 4 is 33.4 Å². The highest BCUT2D eigenvalue weighted by atomic mass is 32.2. The molecule has 9 nitrogen and oxygen atoms in total. The second kappa shape index (κ2) is 10.1. The number of benzene rings is 1. The first kappa shape index (κ1) is 22.4. The first-order valence-corrected chi connectivity index (χ1v) is 11.6. The fraction of sp³-hybridized carbons (Fsp3) is 0.588. The highest BCUT2D eigenvalue weighted by Crippen LogP contribution is 2.37. The number of aliphatic imine (C=N–C) groups is 1.